The maximum atomic E-state index is 3.74. The van der Waals surface area contributed by atoms with Crippen LogP contribution in [-0.4, -0.2) is 0 Å². The van der Waals surface area contributed by atoms with Crippen LogP contribution in [0.3, 0.4) is 0 Å². The lowest BCUT2D eigenvalue weighted by Crippen LogP contribution is -2.08. The molecule has 0 nitrogen and oxygen atoms in total. The van der Waals surface area contributed by atoms with Crippen molar-refractivity contribution in [3.63, 3.8) is 0 Å². The molecule has 1 aromatic carbocycles. The largest absolute Gasteiger partial charge is 0.151 e. The summed E-state index contributed by atoms with van der Waals surface area (Å²) in [7, 11) is 0. The molecule has 0 aliphatic heterocycles. The average molecular weight is 477 g/mol. The molecule has 0 radical (unpaired) electrons. The Labute approximate surface area is 154 Å². The lowest BCUT2D eigenvalue weighted by molar-refractivity contribution is 0.940. The standard InChI is InChI=1S/C18H22BrIS/c1-5-11-12(6-2)14(8-4)18(20)17(13(11)7-3)15-9-21-10-16(15)19/h9-10H,5-8H2,1-4H3. The lowest BCUT2D eigenvalue weighted by atomic mass is 9.85. The van der Waals surface area contributed by atoms with Crippen molar-refractivity contribution in [1.29, 1.82) is 0 Å². The van der Waals surface area contributed by atoms with Gasteiger partial charge in [-0.15, -0.1) is 0 Å². The van der Waals surface area contributed by atoms with Gasteiger partial charge in [0.2, 0.25) is 0 Å². The third-order valence-electron chi connectivity index (χ3n) is 4.18. The molecule has 0 bridgehead atoms. The van der Waals surface area contributed by atoms with Gasteiger partial charge in [-0.25, -0.2) is 0 Å². The Morgan fingerprint density at radius 2 is 1.38 bits per heavy atom. The van der Waals surface area contributed by atoms with Crippen LogP contribution in [0.4, 0.5) is 0 Å². The second-order valence-electron chi connectivity index (χ2n) is 5.15. The van der Waals surface area contributed by atoms with Crippen LogP contribution in [0.25, 0.3) is 11.1 Å². The topological polar surface area (TPSA) is 0 Å². The van der Waals surface area contributed by atoms with Gasteiger partial charge >= 0.3 is 0 Å². The predicted octanol–water partition coefficient (Wildman–Crippen LogP) is 7.03. The zero-order chi connectivity index (χ0) is 15.6. The summed E-state index contributed by atoms with van der Waals surface area (Å²) >= 11 is 8.09. The summed E-state index contributed by atoms with van der Waals surface area (Å²) in [5.41, 5.74) is 9.13. The molecule has 114 valence electrons. The molecule has 2 rings (SSSR count). The van der Waals surface area contributed by atoms with Crippen molar-refractivity contribution in [2.45, 2.75) is 53.4 Å². The zero-order valence-electron chi connectivity index (χ0n) is 13.1. The van der Waals surface area contributed by atoms with E-state index < -0.39 is 0 Å². The molecule has 2 aromatic rings. The van der Waals surface area contributed by atoms with Gasteiger partial charge < -0.3 is 0 Å². The number of thiophene rings is 1. The van der Waals surface area contributed by atoms with Crippen LogP contribution in [0.5, 0.6) is 0 Å². The van der Waals surface area contributed by atoms with E-state index in [9.17, 15) is 0 Å². The molecule has 0 saturated heterocycles. The van der Waals surface area contributed by atoms with Gasteiger partial charge in [0.05, 0.1) is 0 Å². The van der Waals surface area contributed by atoms with E-state index in [-0.39, 0.29) is 0 Å². The Balaban J connectivity index is 2.90. The predicted molar refractivity (Wildman–Crippen MR) is 108 cm³/mol. The summed E-state index contributed by atoms with van der Waals surface area (Å²) < 4.78 is 2.69. The highest BCUT2D eigenvalue weighted by atomic mass is 127. The van der Waals surface area contributed by atoms with E-state index in [1.54, 1.807) is 33.6 Å². The molecule has 0 aliphatic carbocycles. The molecule has 0 amide bonds. The first-order valence-corrected chi connectivity index (χ1v) is 10.5. The molecule has 0 unspecified atom stereocenters. The van der Waals surface area contributed by atoms with Gasteiger partial charge in [0, 0.05) is 24.5 Å². The molecule has 1 aromatic heterocycles. The fourth-order valence-corrected chi connectivity index (χ4v) is 6.09. The Hall–Kier alpha value is 0.130. The third-order valence-corrected chi connectivity index (χ3v) is 7.07. The van der Waals surface area contributed by atoms with E-state index in [1.165, 1.54) is 19.2 Å². The van der Waals surface area contributed by atoms with Crippen molar-refractivity contribution in [1.82, 2.24) is 0 Å². The minimum absolute atomic E-state index is 1.10. The first-order chi connectivity index (χ1) is 10.1. The molecule has 21 heavy (non-hydrogen) atoms. The van der Waals surface area contributed by atoms with Crippen LogP contribution in [-0.2, 0) is 25.7 Å². The molecule has 0 spiro atoms. The van der Waals surface area contributed by atoms with Crippen LogP contribution >= 0.6 is 49.9 Å². The molecule has 0 atom stereocenters. The van der Waals surface area contributed by atoms with Crippen LogP contribution in [0.1, 0.15) is 49.9 Å². The number of benzene rings is 1. The van der Waals surface area contributed by atoms with Gasteiger partial charge in [0.15, 0.2) is 0 Å². The molecule has 0 N–H and O–H groups in total. The second kappa shape index (κ2) is 7.60. The van der Waals surface area contributed by atoms with Crippen LogP contribution in [0.2, 0.25) is 0 Å². The van der Waals surface area contributed by atoms with Crippen molar-refractivity contribution in [2.75, 3.05) is 0 Å². The van der Waals surface area contributed by atoms with E-state index in [1.807, 2.05) is 0 Å². The summed E-state index contributed by atoms with van der Waals surface area (Å²) in [6.45, 7) is 9.17. The molecule has 3 heteroatoms. The maximum absolute atomic E-state index is 3.74. The monoisotopic (exact) mass is 476 g/mol. The van der Waals surface area contributed by atoms with E-state index in [4.69, 9.17) is 0 Å². The Morgan fingerprint density at radius 3 is 1.81 bits per heavy atom. The Bertz CT molecular complexity index is 643. The fourth-order valence-electron chi connectivity index (χ4n) is 3.28. The third kappa shape index (κ3) is 3.11. The molecular weight excluding hydrogens is 455 g/mol. The first kappa shape index (κ1) is 17.5. The molecule has 0 fully saturated rings. The normalized spacial score (nSPS) is 11.1. The average Bonchev–Trinajstić information content (AvgIpc) is 2.91. The summed E-state index contributed by atoms with van der Waals surface area (Å²) in [5.74, 6) is 0. The number of halogens is 2. The highest BCUT2D eigenvalue weighted by molar-refractivity contribution is 14.1. The van der Waals surface area contributed by atoms with Crippen LogP contribution in [0.15, 0.2) is 15.2 Å². The minimum atomic E-state index is 1.10. The van der Waals surface area contributed by atoms with E-state index >= 15 is 0 Å². The highest BCUT2D eigenvalue weighted by Gasteiger charge is 2.21. The summed E-state index contributed by atoms with van der Waals surface area (Å²) in [4.78, 5) is 0. The molecule has 0 aliphatic rings. The van der Waals surface area contributed by atoms with Crippen LogP contribution in [0, 0.1) is 3.57 Å². The zero-order valence-corrected chi connectivity index (χ0v) is 17.7. The van der Waals surface area contributed by atoms with Gasteiger partial charge in [-0.2, -0.15) is 11.3 Å². The van der Waals surface area contributed by atoms with Crippen molar-refractivity contribution in [3.8, 4) is 11.1 Å². The quantitative estimate of drug-likeness (QED) is 0.406. The Morgan fingerprint density at radius 1 is 0.857 bits per heavy atom. The maximum Gasteiger partial charge on any atom is 0.0361 e. The van der Waals surface area contributed by atoms with Crippen molar-refractivity contribution in [2.24, 2.45) is 0 Å². The SMILES string of the molecule is CCc1c(I)c(-c2cscc2Br)c(CC)c(CC)c1CC. The number of rotatable bonds is 5. The Kier molecular flexibility index (Phi) is 6.33. The molecule has 0 saturated carbocycles. The summed E-state index contributed by atoms with van der Waals surface area (Å²) in [5, 5.41) is 4.47. The van der Waals surface area contributed by atoms with Gasteiger partial charge in [0.25, 0.3) is 0 Å². The van der Waals surface area contributed by atoms with E-state index in [0.717, 1.165) is 25.7 Å². The minimum Gasteiger partial charge on any atom is -0.151 e. The smallest absolute Gasteiger partial charge is 0.0361 e. The van der Waals surface area contributed by atoms with Crippen LogP contribution < -0.4 is 0 Å². The van der Waals surface area contributed by atoms with Gasteiger partial charge in [0.1, 0.15) is 0 Å². The molecular formula is C18H22BrIS. The van der Waals surface area contributed by atoms with Gasteiger partial charge in [-0.1, -0.05) is 27.7 Å². The van der Waals surface area contributed by atoms with E-state index in [2.05, 4.69) is 77.0 Å². The van der Waals surface area contributed by atoms with Gasteiger partial charge in [-0.05, 0) is 91.8 Å². The van der Waals surface area contributed by atoms with Gasteiger partial charge in [-0.3, -0.25) is 0 Å². The fraction of sp³-hybridized carbons (Fsp3) is 0.444. The van der Waals surface area contributed by atoms with Crippen molar-refractivity contribution in [3.05, 3.63) is 41.1 Å². The van der Waals surface area contributed by atoms with E-state index in [0.29, 0.717) is 0 Å². The lowest BCUT2D eigenvalue weighted by Gasteiger charge is -2.23. The molecule has 1 heterocycles. The van der Waals surface area contributed by atoms with Crippen molar-refractivity contribution >= 4 is 49.9 Å². The highest BCUT2D eigenvalue weighted by Crippen LogP contribution is 2.41. The number of hydrogen-bond acceptors (Lipinski definition) is 1. The second-order valence-corrected chi connectivity index (χ2v) is 7.83. The van der Waals surface area contributed by atoms with Crippen molar-refractivity contribution < 1.29 is 0 Å². The number of hydrogen-bond donors (Lipinski definition) is 0. The first-order valence-electron chi connectivity index (χ1n) is 7.67. The summed E-state index contributed by atoms with van der Waals surface area (Å²) in [6.07, 6.45) is 4.49. The summed E-state index contributed by atoms with van der Waals surface area (Å²) in [6, 6.07) is 0.